The van der Waals surface area contributed by atoms with E-state index in [1.54, 1.807) is 23.9 Å². The van der Waals surface area contributed by atoms with Crippen molar-refractivity contribution < 1.29 is 13.9 Å². The third-order valence-electron chi connectivity index (χ3n) is 8.76. The van der Waals surface area contributed by atoms with Crippen LogP contribution in [-0.2, 0) is 9.53 Å². The highest BCUT2D eigenvalue weighted by Gasteiger charge is 2.27. The van der Waals surface area contributed by atoms with Crippen molar-refractivity contribution in [3.8, 4) is 12.3 Å². The lowest BCUT2D eigenvalue weighted by atomic mass is 9.90. The first kappa shape index (κ1) is 35.5. The maximum Gasteiger partial charge on any atom is 0.320 e. The van der Waals surface area contributed by atoms with Gasteiger partial charge in [-0.25, -0.2) is 9.37 Å². The van der Waals surface area contributed by atoms with Crippen LogP contribution in [0.4, 0.5) is 10.2 Å². The number of likely N-dealkylation sites (tertiary alicyclic amines) is 1. The molecule has 0 aromatic carbocycles. The smallest absolute Gasteiger partial charge is 0.320 e. The number of hydrogen-bond acceptors (Lipinski definition) is 8. The third kappa shape index (κ3) is 9.57. The number of aryl methyl sites for hydroxylation is 1. The summed E-state index contributed by atoms with van der Waals surface area (Å²) in [4.78, 5) is 28.3. The number of hydrogen-bond donors (Lipinski definition) is 0. The normalized spacial score (nSPS) is 20.3. The Morgan fingerprint density at radius 1 is 1.35 bits per heavy atom. The number of carbonyl (C=O) groups is 1. The van der Waals surface area contributed by atoms with Crippen LogP contribution in [0.1, 0.15) is 49.8 Å². The van der Waals surface area contributed by atoms with Gasteiger partial charge < -0.3 is 14.5 Å². The second kappa shape index (κ2) is 17.0. The van der Waals surface area contributed by atoms with Crippen molar-refractivity contribution in [3.05, 3.63) is 65.8 Å². The quantitative estimate of drug-likeness (QED) is 0.0935. The Hall–Kier alpha value is -3.39. The lowest BCUT2D eigenvalue weighted by Gasteiger charge is -2.34. The van der Waals surface area contributed by atoms with Crippen LogP contribution < -0.4 is 4.90 Å². The number of esters is 1. The van der Waals surface area contributed by atoms with Gasteiger partial charge in [-0.3, -0.25) is 19.1 Å². The van der Waals surface area contributed by atoms with Crippen LogP contribution in [0.5, 0.6) is 0 Å². The Balaban J connectivity index is 1.42. The van der Waals surface area contributed by atoms with E-state index in [0.29, 0.717) is 38.0 Å². The molecule has 0 saturated carbocycles. The molecule has 2 fully saturated rings. The molecule has 0 N–H and O–H groups in total. The fraction of sp³-hybridized carbons (Fsp3) is 0.528. The average molecular weight is 649 g/mol. The molecule has 4 heterocycles. The number of anilines is 1. The van der Waals surface area contributed by atoms with E-state index in [9.17, 15) is 9.18 Å². The number of rotatable bonds is 12. The number of ether oxygens (including phenoxy) is 1. The second-order valence-electron chi connectivity index (χ2n) is 12.5. The summed E-state index contributed by atoms with van der Waals surface area (Å²) in [6.45, 7) is 12.9. The van der Waals surface area contributed by atoms with E-state index in [0.717, 1.165) is 66.8 Å². The van der Waals surface area contributed by atoms with Crippen molar-refractivity contribution in [2.45, 2.75) is 51.5 Å². The summed E-state index contributed by atoms with van der Waals surface area (Å²) in [5, 5.41) is 0.916. The van der Waals surface area contributed by atoms with E-state index in [-0.39, 0.29) is 18.2 Å². The molecule has 8 nitrogen and oxygen atoms in total. The molecule has 2 saturated heterocycles. The number of imidazole rings is 1. The number of aromatic nitrogens is 2. The minimum atomic E-state index is -0.411. The monoisotopic (exact) mass is 648 g/mol. The van der Waals surface area contributed by atoms with Gasteiger partial charge in [0.2, 0.25) is 0 Å². The Bertz CT molecular complexity index is 1500. The highest BCUT2D eigenvalue weighted by Crippen LogP contribution is 2.31. The molecule has 2 aliphatic heterocycles. The summed E-state index contributed by atoms with van der Waals surface area (Å²) in [6, 6.07) is 3.94. The van der Waals surface area contributed by atoms with E-state index >= 15 is 0 Å². The molecule has 0 amide bonds. The van der Waals surface area contributed by atoms with E-state index < -0.39 is 6.04 Å². The highest BCUT2D eigenvalue weighted by atomic mass is 32.2. The van der Waals surface area contributed by atoms with E-state index in [2.05, 4.69) is 57.0 Å². The first-order valence-electron chi connectivity index (χ1n) is 16.1. The predicted molar refractivity (Wildman–Crippen MR) is 190 cm³/mol. The zero-order valence-electron chi connectivity index (χ0n) is 28.0. The summed E-state index contributed by atoms with van der Waals surface area (Å²) in [5.74, 6) is 4.33. The van der Waals surface area contributed by atoms with Gasteiger partial charge in [-0.1, -0.05) is 24.1 Å². The number of terminal acetylenes is 1. The summed E-state index contributed by atoms with van der Waals surface area (Å²) in [7, 11) is 4.06. The van der Waals surface area contributed by atoms with Crippen molar-refractivity contribution in [1.82, 2.24) is 19.2 Å². The Morgan fingerprint density at radius 3 is 2.80 bits per heavy atom. The molecular weight excluding hydrogens is 600 g/mol. The van der Waals surface area contributed by atoms with Crippen molar-refractivity contribution in [2.75, 3.05) is 71.1 Å². The van der Waals surface area contributed by atoms with Gasteiger partial charge in [0.05, 0.1) is 36.3 Å². The summed E-state index contributed by atoms with van der Waals surface area (Å²) >= 11 is 1.58. The van der Waals surface area contributed by atoms with Gasteiger partial charge in [-0.05, 0) is 88.7 Å². The third-order valence-corrected chi connectivity index (χ3v) is 9.46. The summed E-state index contributed by atoms with van der Waals surface area (Å²) in [6.07, 6.45) is 18.1. The first-order valence-corrected chi connectivity index (χ1v) is 17.3. The SMILES string of the molecule is C#CC(/N=C(/CN(C)c1c(C)nc2ccc(C3CCN(CC4COC(=O)CN(C)C4)CC3)cn12)SC)/C(C)=C/C/C=C(/F)CC=C. The second-order valence-corrected chi connectivity index (χ2v) is 13.4. The van der Waals surface area contributed by atoms with E-state index in [1.165, 1.54) is 5.56 Å². The molecule has 2 atom stereocenters. The minimum Gasteiger partial charge on any atom is -0.464 e. The maximum absolute atomic E-state index is 13.7. The number of fused-ring (bicyclic) bond motifs is 1. The lowest BCUT2D eigenvalue weighted by molar-refractivity contribution is -0.143. The fourth-order valence-electron chi connectivity index (χ4n) is 6.38. The van der Waals surface area contributed by atoms with Gasteiger partial charge >= 0.3 is 5.97 Å². The van der Waals surface area contributed by atoms with Gasteiger partial charge in [-0.15, -0.1) is 24.8 Å². The molecule has 2 aliphatic rings. The predicted octanol–water partition coefficient (Wildman–Crippen LogP) is 5.89. The van der Waals surface area contributed by atoms with Crippen LogP contribution in [0.15, 0.2) is 59.5 Å². The standard InChI is InChI=1S/C36H49FN6O2S/c1-8-11-31(37)13-10-12-26(3)32(9-2)39-34(46-7)23-41(6)36-27(4)38-33-15-14-30(22-43(33)36)29-16-18-42(19-17-29)21-28-20-40(5)24-35(44)45-25-28/h2,8,12-15,22,28-29,32H,1,10-11,16-21,23-25H2,3-7H3/b26-12+,31-13+,39-34-. The van der Waals surface area contributed by atoms with Crippen LogP contribution in [0.2, 0.25) is 0 Å². The molecule has 0 aliphatic carbocycles. The van der Waals surface area contributed by atoms with Gasteiger partial charge in [0.25, 0.3) is 0 Å². The van der Waals surface area contributed by atoms with Crippen LogP contribution in [0.25, 0.3) is 5.65 Å². The molecule has 0 spiro atoms. The number of halogens is 1. The molecule has 10 heteroatoms. The van der Waals surface area contributed by atoms with Gasteiger partial charge in [0, 0.05) is 38.7 Å². The van der Waals surface area contributed by atoms with Crippen LogP contribution in [0.3, 0.4) is 0 Å². The number of carbonyl (C=O) groups excluding carboxylic acids is 1. The van der Waals surface area contributed by atoms with Crippen molar-refractivity contribution in [2.24, 2.45) is 10.9 Å². The fourth-order valence-corrected chi connectivity index (χ4v) is 6.92. The number of allylic oxidation sites excluding steroid dienone is 4. The van der Waals surface area contributed by atoms with Crippen LogP contribution >= 0.6 is 11.8 Å². The zero-order valence-corrected chi connectivity index (χ0v) is 28.9. The number of likely N-dealkylation sites (N-methyl/N-ethyl adjacent to an activating group) is 1. The van der Waals surface area contributed by atoms with Crippen molar-refractivity contribution in [1.29, 1.82) is 0 Å². The van der Waals surface area contributed by atoms with Gasteiger partial charge in [0.1, 0.15) is 17.5 Å². The summed E-state index contributed by atoms with van der Waals surface area (Å²) < 4.78 is 21.4. The molecule has 46 heavy (non-hydrogen) atoms. The van der Waals surface area contributed by atoms with Crippen molar-refractivity contribution >= 4 is 34.2 Å². The van der Waals surface area contributed by atoms with E-state index in [4.69, 9.17) is 21.1 Å². The Kier molecular flexibility index (Phi) is 13.1. The molecule has 248 valence electrons. The zero-order chi connectivity index (χ0) is 33.2. The number of cyclic esters (lactones) is 1. The average Bonchev–Trinajstić information content (AvgIpc) is 3.27. The Labute approximate surface area is 278 Å². The van der Waals surface area contributed by atoms with Gasteiger partial charge in [-0.2, -0.15) is 0 Å². The first-order chi connectivity index (χ1) is 22.1. The molecule has 4 rings (SSSR count). The number of aliphatic imine (C=N–C) groups is 1. The largest absolute Gasteiger partial charge is 0.464 e. The highest BCUT2D eigenvalue weighted by molar-refractivity contribution is 8.13. The number of pyridine rings is 1. The molecule has 2 aromatic rings. The molecule has 0 radical (unpaired) electrons. The number of thioether (sulfide) groups is 1. The van der Waals surface area contributed by atoms with Crippen LogP contribution in [-0.4, -0.2) is 102 Å². The maximum atomic E-state index is 13.7. The number of nitrogens with zero attached hydrogens (tertiary/aromatic N) is 6. The topological polar surface area (TPSA) is 65.7 Å². The van der Waals surface area contributed by atoms with Gasteiger partial charge in [0.15, 0.2) is 0 Å². The Morgan fingerprint density at radius 2 is 2.11 bits per heavy atom. The van der Waals surface area contributed by atoms with Crippen molar-refractivity contribution in [3.63, 3.8) is 0 Å². The molecular formula is C36H49FN6O2S. The summed E-state index contributed by atoms with van der Waals surface area (Å²) in [5.41, 5.74) is 4.13. The molecule has 2 aromatic heterocycles. The number of piperidine rings is 1. The minimum absolute atomic E-state index is 0.127. The molecule has 2 unspecified atom stereocenters. The van der Waals surface area contributed by atoms with E-state index in [1.807, 2.05) is 33.2 Å². The van der Waals surface area contributed by atoms with Crippen LogP contribution in [0, 0.1) is 25.2 Å². The molecule has 0 bridgehead atoms. The lowest BCUT2D eigenvalue weighted by Crippen LogP contribution is -2.40.